The summed E-state index contributed by atoms with van der Waals surface area (Å²) in [5, 5.41) is 13.4. The van der Waals surface area contributed by atoms with E-state index in [4.69, 9.17) is 4.74 Å². The number of rotatable bonds is 6. The summed E-state index contributed by atoms with van der Waals surface area (Å²) in [6.07, 6.45) is 1.70. The molecule has 94 valence electrons. The second-order valence-electron chi connectivity index (χ2n) is 3.43. The van der Waals surface area contributed by atoms with Gasteiger partial charge in [0.05, 0.1) is 6.61 Å². The first-order valence-corrected chi connectivity index (χ1v) is 5.77. The maximum absolute atomic E-state index is 11.1. The summed E-state index contributed by atoms with van der Waals surface area (Å²) in [5.74, 6) is 1.08. The van der Waals surface area contributed by atoms with Crippen LogP contribution in [0.1, 0.15) is 26.7 Å². The molecule has 1 aromatic heterocycles. The standard InChI is InChI=1S/C11H18N4O2/c1-3-5-8-12-9-6-7-10(15-14-9)13-11(16)17-4-2/h6-7H,3-5,8H2,1-2H3,(H,12,14)(H,13,15,16). The van der Waals surface area contributed by atoms with Crippen molar-refractivity contribution >= 4 is 17.7 Å². The first kappa shape index (κ1) is 13.2. The van der Waals surface area contributed by atoms with Crippen molar-refractivity contribution in [2.45, 2.75) is 26.7 Å². The van der Waals surface area contributed by atoms with Crippen LogP contribution < -0.4 is 10.6 Å². The third kappa shape index (κ3) is 5.14. The topological polar surface area (TPSA) is 76.1 Å². The van der Waals surface area contributed by atoms with Crippen molar-refractivity contribution in [1.82, 2.24) is 10.2 Å². The maximum atomic E-state index is 11.1. The molecular formula is C11H18N4O2. The molecule has 6 heteroatoms. The maximum Gasteiger partial charge on any atom is 0.412 e. The molecule has 0 aliphatic heterocycles. The fourth-order valence-corrected chi connectivity index (χ4v) is 1.16. The second kappa shape index (κ2) is 7.43. The highest BCUT2D eigenvalue weighted by Gasteiger charge is 2.03. The zero-order chi connectivity index (χ0) is 12.5. The second-order valence-corrected chi connectivity index (χ2v) is 3.43. The average Bonchev–Trinajstić information content (AvgIpc) is 2.32. The van der Waals surface area contributed by atoms with E-state index >= 15 is 0 Å². The van der Waals surface area contributed by atoms with Gasteiger partial charge in [-0.2, -0.15) is 0 Å². The Labute approximate surface area is 101 Å². The van der Waals surface area contributed by atoms with Crippen LogP contribution in [0.4, 0.5) is 16.4 Å². The Morgan fingerprint density at radius 2 is 2.00 bits per heavy atom. The highest BCUT2D eigenvalue weighted by atomic mass is 16.5. The van der Waals surface area contributed by atoms with Gasteiger partial charge in [-0.05, 0) is 25.5 Å². The Bertz CT molecular complexity index is 340. The number of anilines is 2. The molecule has 17 heavy (non-hydrogen) atoms. The van der Waals surface area contributed by atoms with Crippen LogP contribution in [0, 0.1) is 0 Å². The number of ether oxygens (including phenoxy) is 1. The molecule has 0 unspecified atom stereocenters. The molecule has 0 spiro atoms. The molecule has 1 heterocycles. The zero-order valence-corrected chi connectivity index (χ0v) is 10.2. The molecule has 0 aliphatic rings. The van der Waals surface area contributed by atoms with Gasteiger partial charge in [0.2, 0.25) is 0 Å². The van der Waals surface area contributed by atoms with Gasteiger partial charge in [-0.15, -0.1) is 10.2 Å². The molecule has 0 saturated carbocycles. The minimum absolute atomic E-state index is 0.329. The van der Waals surface area contributed by atoms with Gasteiger partial charge in [0.25, 0.3) is 0 Å². The highest BCUT2D eigenvalue weighted by Crippen LogP contribution is 2.06. The lowest BCUT2D eigenvalue weighted by Crippen LogP contribution is -2.15. The molecule has 1 aromatic rings. The molecule has 6 nitrogen and oxygen atoms in total. The predicted octanol–water partition coefficient (Wildman–Crippen LogP) is 2.26. The van der Waals surface area contributed by atoms with Gasteiger partial charge in [0.15, 0.2) is 5.82 Å². The minimum Gasteiger partial charge on any atom is -0.450 e. The Morgan fingerprint density at radius 1 is 1.29 bits per heavy atom. The van der Waals surface area contributed by atoms with Gasteiger partial charge in [-0.1, -0.05) is 13.3 Å². The van der Waals surface area contributed by atoms with E-state index in [2.05, 4.69) is 27.8 Å². The quantitative estimate of drug-likeness (QED) is 0.743. The third-order valence-electron chi connectivity index (χ3n) is 2.01. The molecule has 0 aromatic carbocycles. The van der Waals surface area contributed by atoms with E-state index in [1.807, 2.05) is 0 Å². The number of nitrogens with zero attached hydrogens (tertiary/aromatic N) is 2. The monoisotopic (exact) mass is 238 g/mol. The molecule has 0 fully saturated rings. The number of hydrogen-bond acceptors (Lipinski definition) is 5. The van der Waals surface area contributed by atoms with Crippen molar-refractivity contribution in [2.24, 2.45) is 0 Å². The summed E-state index contributed by atoms with van der Waals surface area (Å²) in [6, 6.07) is 3.45. The van der Waals surface area contributed by atoms with Crippen LogP contribution in [-0.2, 0) is 4.74 Å². The van der Waals surface area contributed by atoms with Crippen LogP contribution in [-0.4, -0.2) is 29.4 Å². The average molecular weight is 238 g/mol. The van der Waals surface area contributed by atoms with Crippen molar-refractivity contribution in [3.8, 4) is 0 Å². The fourth-order valence-electron chi connectivity index (χ4n) is 1.16. The smallest absolute Gasteiger partial charge is 0.412 e. The summed E-state index contributed by atoms with van der Waals surface area (Å²) in [5.41, 5.74) is 0. The Hall–Kier alpha value is -1.85. The van der Waals surface area contributed by atoms with E-state index in [9.17, 15) is 4.79 Å². The fraction of sp³-hybridized carbons (Fsp3) is 0.545. The molecule has 0 radical (unpaired) electrons. The summed E-state index contributed by atoms with van der Waals surface area (Å²) >= 11 is 0. The Kier molecular flexibility index (Phi) is 5.77. The number of amides is 1. The molecule has 1 rings (SSSR count). The minimum atomic E-state index is -0.520. The number of carbonyl (C=O) groups is 1. The van der Waals surface area contributed by atoms with Crippen LogP contribution in [0.5, 0.6) is 0 Å². The summed E-state index contributed by atoms with van der Waals surface area (Å²) in [4.78, 5) is 11.1. The largest absolute Gasteiger partial charge is 0.450 e. The number of aromatic nitrogens is 2. The van der Waals surface area contributed by atoms with Gasteiger partial charge in [0, 0.05) is 6.54 Å². The van der Waals surface area contributed by atoms with Crippen molar-refractivity contribution < 1.29 is 9.53 Å². The Morgan fingerprint density at radius 3 is 2.59 bits per heavy atom. The lowest BCUT2D eigenvalue weighted by atomic mass is 10.3. The van der Waals surface area contributed by atoms with E-state index in [0.29, 0.717) is 18.2 Å². The molecule has 0 bridgehead atoms. The number of hydrogen-bond donors (Lipinski definition) is 2. The Balaban J connectivity index is 2.41. The molecule has 2 N–H and O–H groups in total. The van der Waals surface area contributed by atoms with E-state index in [-0.39, 0.29) is 0 Å². The number of unbranched alkanes of at least 4 members (excludes halogenated alkanes) is 1. The number of nitrogens with one attached hydrogen (secondary N) is 2. The van der Waals surface area contributed by atoms with Crippen LogP contribution >= 0.6 is 0 Å². The lowest BCUT2D eigenvalue weighted by molar-refractivity contribution is 0.168. The van der Waals surface area contributed by atoms with Crippen LogP contribution in [0.25, 0.3) is 0 Å². The lowest BCUT2D eigenvalue weighted by Gasteiger charge is -2.05. The molecule has 0 aliphatic carbocycles. The van der Waals surface area contributed by atoms with E-state index in [1.165, 1.54) is 0 Å². The first-order valence-electron chi connectivity index (χ1n) is 5.77. The zero-order valence-electron chi connectivity index (χ0n) is 10.2. The summed E-state index contributed by atoms with van der Waals surface area (Å²) < 4.78 is 4.72. The van der Waals surface area contributed by atoms with Crippen LogP contribution in [0.3, 0.4) is 0 Å². The van der Waals surface area contributed by atoms with Crippen molar-refractivity contribution in [3.05, 3.63) is 12.1 Å². The highest BCUT2D eigenvalue weighted by molar-refractivity contribution is 5.83. The van der Waals surface area contributed by atoms with Crippen molar-refractivity contribution in [2.75, 3.05) is 23.8 Å². The van der Waals surface area contributed by atoms with Gasteiger partial charge in [0.1, 0.15) is 5.82 Å². The molecule has 0 saturated heterocycles. The van der Waals surface area contributed by atoms with Crippen LogP contribution in [0.15, 0.2) is 12.1 Å². The summed E-state index contributed by atoms with van der Waals surface area (Å²) in [7, 11) is 0. The molecule has 0 atom stereocenters. The van der Waals surface area contributed by atoms with Crippen LogP contribution in [0.2, 0.25) is 0 Å². The van der Waals surface area contributed by atoms with Gasteiger partial charge < -0.3 is 10.1 Å². The molecular weight excluding hydrogens is 220 g/mol. The van der Waals surface area contributed by atoms with E-state index < -0.39 is 6.09 Å². The van der Waals surface area contributed by atoms with Gasteiger partial charge >= 0.3 is 6.09 Å². The third-order valence-corrected chi connectivity index (χ3v) is 2.01. The summed E-state index contributed by atoms with van der Waals surface area (Å²) in [6.45, 7) is 5.07. The number of carbonyl (C=O) groups excluding carboxylic acids is 1. The van der Waals surface area contributed by atoms with Gasteiger partial charge in [-0.25, -0.2) is 4.79 Å². The first-order chi connectivity index (χ1) is 8.26. The normalized spacial score (nSPS) is 9.76. The van der Waals surface area contributed by atoms with Crippen molar-refractivity contribution in [1.29, 1.82) is 0 Å². The predicted molar refractivity (Wildman–Crippen MR) is 66.1 cm³/mol. The van der Waals surface area contributed by atoms with Crippen molar-refractivity contribution in [3.63, 3.8) is 0 Å². The SMILES string of the molecule is CCCCNc1ccc(NC(=O)OCC)nn1. The molecule has 1 amide bonds. The van der Waals surface area contributed by atoms with E-state index in [1.54, 1.807) is 19.1 Å². The van der Waals surface area contributed by atoms with Gasteiger partial charge in [-0.3, -0.25) is 5.32 Å². The van der Waals surface area contributed by atoms with E-state index in [0.717, 1.165) is 19.4 Å².